The second kappa shape index (κ2) is 11.1. The highest BCUT2D eigenvalue weighted by atomic mass is 79.9. The van der Waals surface area contributed by atoms with Crippen molar-refractivity contribution in [1.29, 1.82) is 0 Å². The summed E-state index contributed by atoms with van der Waals surface area (Å²) in [5.74, 6) is 2.64. The molecule has 2 aliphatic heterocycles. The maximum absolute atomic E-state index is 5.98. The van der Waals surface area contributed by atoms with Gasteiger partial charge >= 0.3 is 0 Å². The Bertz CT molecular complexity index is 969. The van der Waals surface area contributed by atoms with Crippen LogP contribution in [-0.2, 0) is 0 Å². The lowest BCUT2D eigenvalue weighted by molar-refractivity contribution is 0.608. The van der Waals surface area contributed by atoms with Crippen molar-refractivity contribution in [2.45, 2.75) is 33.1 Å². The molecule has 5 rings (SSSR count). The molecule has 0 atom stereocenters. The SMILES string of the molecule is CC.CNc1ncc(Br)cn1.Nc1ccc2c(N3CCCC3)nnc(N3CCC3)c2c1. The highest BCUT2D eigenvalue weighted by Crippen LogP contribution is 2.34. The van der Waals surface area contributed by atoms with E-state index in [9.17, 15) is 0 Å². The molecule has 31 heavy (non-hydrogen) atoms. The number of hydrogen-bond donors (Lipinski definition) is 2. The number of hydrogen-bond acceptors (Lipinski definition) is 8. The number of anilines is 4. The van der Waals surface area contributed by atoms with E-state index in [0.29, 0.717) is 5.95 Å². The second-order valence-electron chi connectivity index (χ2n) is 7.16. The minimum Gasteiger partial charge on any atom is -0.399 e. The van der Waals surface area contributed by atoms with Gasteiger partial charge in [-0.2, -0.15) is 0 Å². The molecule has 0 bridgehead atoms. The molecule has 0 unspecified atom stereocenters. The lowest BCUT2D eigenvalue weighted by Crippen LogP contribution is -2.38. The zero-order chi connectivity index (χ0) is 22.2. The van der Waals surface area contributed by atoms with Gasteiger partial charge in [-0.25, -0.2) is 9.97 Å². The van der Waals surface area contributed by atoms with Crippen molar-refractivity contribution in [1.82, 2.24) is 20.2 Å². The Kier molecular flexibility index (Phi) is 8.22. The molecule has 8 nitrogen and oxygen atoms in total. The van der Waals surface area contributed by atoms with Crippen LogP contribution in [0.25, 0.3) is 10.8 Å². The molecule has 0 spiro atoms. The molecule has 166 valence electrons. The maximum atomic E-state index is 5.98. The predicted molar refractivity (Wildman–Crippen MR) is 133 cm³/mol. The summed E-state index contributed by atoms with van der Waals surface area (Å²) in [6.45, 7) is 8.30. The minimum atomic E-state index is 0.637. The number of nitrogens with one attached hydrogen (secondary N) is 1. The van der Waals surface area contributed by atoms with E-state index < -0.39 is 0 Å². The van der Waals surface area contributed by atoms with E-state index in [2.05, 4.69) is 57.3 Å². The third kappa shape index (κ3) is 5.52. The van der Waals surface area contributed by atoms with Crippen molar-refractivity contribution < 1.29 is 0 Å². The Hall–Kier alpha value is -2.68. The van der Waals surface area contributed by atoms with Crippen molar-refractivity contribution in [2.24, 2.45) is 0 Å². The molecular weight excluding hydrogens is 456 g/mol. The largest absolute Gasteiger partial charge is 0.399 e. The van der Waals surface area contributed by atoms with E-state index in [1.165, 1.54) is 24.6 Å². The van der Waals surface area contributed by atoms with E-state index in [4.69, 9.17) is 5.73 Å². The molecule has 3 aromatic rings. The molecule has 1 aromatic carbocycles. The van der Waals surface area contributed by atoms with Crippen molar-refractivity contribution in [2.75, 3.05) is 54.1 Å². The van der Waals surface area contributed by atoms with E-state index >= 15 is 0 Å². The Morgan fingerprint density at radius 2 is 1.42 bits per heavy atom. The fourth-order valence-electron chi connectivity index (χ4n) is 3.51. The maximum Gasteiger partial charge on any atom is 0.222 e. The third-order valence-electron chi connectivity index (χ3n) is 5.17. The standard InChI is InChI=1S/C15H19N5.C5H6BrN3.C2H6/c16-11-4-5-12-13(10-11)15(20-8-3-9-20)18-17-14(12)19-6-1-2-7-19;1-7-5-8-2-4(6)3-9-5;1-2/h4-5,10H,1-3,6-9,16H2;2-3H,1H3,(H,7,8,9);1-2H3. The highest BCUT2D eigenvalue weighted by molar-refractivity contribution is 9.10. The van der Waals surface area contributed by atoms with E-state index in [1.54, 1.807) is 19.4 Å². The van der Waals surface area contributed by atoms with Crippen LogP contribution in [0, 0.1) is 0 Å². The van der Waals surface area contributed by atoms with Crippen LogP contribution >= 0.6 is 15.9 Å². The van der Waals surface area contributed by atoms with Crippen LogP contribution in [0.4, 0.5) is 23.3 Å². The number of nitrogens with two attached hydrogens (primary N) is 1. The van der Waals surface area contributed by atoms with Crippen LogP contribution in [0.5, 0.6) is 0 Å². The van der Waals surface area contributed by atoms with Gasteiger partial charge in [-0.3, -0.25) is 0 Å². The van der Waals surface area contributed by atoms with Crippen molar-refractivity contribution in [3.63, 3.8) is 0 Å². The van der Waals surface area contributed by atoms with Gasteiger partial charge in [0.25, 0.3) is 0 Å². The van der Waals surface area contributed by atoms with Gasteiger partial charge in [-0.1, -0.05) is 13.8 Å². The van der Waals surface area contributed by atoms with Gasteiger partial charge in [-0.05, 0) is 53.4 Å². The van der Waals surface area contributed by atoms with Crippen LogP contribution in [0.15, 0.2) is 35.1 Å². The number of benzene rings is 1. The summed E-state index contributed by atoms with van der Waals surface area (Å²) in [6.07, 6.45) is 7.11. The van der Waals surface area contributed by atoms with E-state index in [0.717, 1.165) is 53.4 Å². The Labute approximate surface area is 192 Å². The van der Waals surface area contributed by atoms with Gasteiger partial charge in [0.1, 0.15) is 0 Å². The van der Waals surface area contributed by atoms with Gasteiger partial charge in [0.2, 0.25) is 5.95 Å². The number of nitrogen functional groups attached to an aromatic ring is 1. The average molecular weight is 487 g/mol. The number of rotatable bonds is 3. The monoisotopic (exact) mass is 486 g/mol. The predicted octanol–water partition coefficient (Wildman–Crippen LogP) is 4.33. The molecule has 9 heteroatoms. The number of aromatic nitrogens is 4. The first-order valence-electron chi connectivity index (χ1n) is 10.9. The molecule has 2 saturated heterocycles. The van der Waals surface area contributed by atoms with E-state index in [-0.39, 0.29) is 0 Å². The Balaban J connectivity index is 0.000000209. The van der Waals surface area contributed by atoms with Crippen LogP contribution in [0.1, 0.15) is 33.1 Å². The third-order valence-corrected chi connectivity index (χ3v) is 5.58. The average Bonchev–Trinajstić information content (AvgIpc) is 3.30. The molecule has 0 saturated carbocycles. The topological polar surface area (TPSA) is 96.1 Å². The smallest absolute Gasteiger partial charge is 0.222 e. The number of halogens is 1. The quantitative estimate of drug-likeness (QED) is 0.527. The van der Waals surface area contributed by atoms with Gasteiger partial charge in [-0.15, -0.1) is 10.2 Å². The first kappa shape index (κ1) is 23.0. The molecule has 0 radical (unpaired) electrons. The normalized spacial score (nSPS) is 14.8. The van der Waals surface area contributed by atoms with Gasteiger partial charge in [0, 0.05) is 62.1 Å². The number of nitrogens with zero attached hydrogens (tertiary/aromatic N) is 6. The molecule has 4 heterocycles. The molecule has 0 aliphatic carbocycles. The summed E-state index contributed by atoms with van der Waals surface area (Å²) in [5.41, 5.74) is 6.77. The Morgan fingerprint density at radius 1 is 0.871 bits per heavy atom. The van der Waals surface area contributed by atoms with Gasteiger partial charge < -0.3 is 20.9 Å². The van der Waals surface area contributed by atoms with Crippen molar-refractivity contribution >= 4 is 50.0 Å². The summed E-state index contributed by atoms with van der Waals surface area (Å²) in [6, 6.07) is 6.09. The summed E-state index contributed by atoms with van der Waals surface area (Å²) in [7, 11) is 1.78. The molecule has 2 aromatic heterocycles. The zero-order valence-electron chi connectivity index (χ0n) is 18.5. The molecule has 2 aliphatic rings. The van der Waals surface area contributed by atoms with Gasteiger partial charge in [0.05, 0.1) is 4.47 Å². The minimum absolute atomic E-state index is 0.637. The van der Waals surface area contributed by atoms with Crippen LogP contribution in [-0.4, -0.2) is 53.4 Å². The van der Waals surface area contributed by atoms with E-state index in [1.807, 2.05) is 26.0 Å². The molecule has 3 N–H and O–H groups in total. The van der Waals surface area contributed by atoms with Gasteiger partial charge in [0.15, 0.2) is 11.6 Å². The number of fused-ring (bicyclic) bond motifs is 1. The summed E-state index contributed by atoms with van der Waals surface area (Å²) in [5, 5.41) is 14.1. The lowest BCUT2D eigenvalue weighted by atomic mass is 10.1. The Morgan fingerprint density at radius 3 is 1.94 bits per heavy atom. The fraction of sp³-hybridized carbons (Fsp3) is 0.455. The highest BCUT2D eigenvalue weighted by Gasteiger charge is 2.23. The van der Waals surface area contributed by atoms with Crippen molar-refractivity contribution in [3.05, 3.63) is 35.1 Å². The molecule has 2 fully saturated rings. The second-order valence-corrected chi connectivity index (χ2v) is 8.08. The van der Waals surface area contributed by atoms with Crippen LogP contribution in [0.3, 0.4) is 0 Å². The zero-order valence-corrected chi connectivity index (χ0v) is 20.1. The van der Waals surface area contributed by atoms with Crippen LogP contribution < -0.4 is 20.9 Å². The fourth-order valence-corrected chi connectivity index (χ4v) is 3.71. The van der Waals surface area contributed by atoms with Crippen LogP contribution in [0.2, 0.25) is 0 Å². The first-order valence-corrected chi connectivity index (χ1v) is 11.7. The summed E-state index contributed by atoms with van der Waals surface area (Å²) < 4.78 is 0.890. The first-order chi connectivity index (χ1) is 15.2. The summed E-state index contributed by atoms with van der Waals surface area (Å²) >= 11 is 3.22. The molecule has 0 amide bonds. The van der Waals surface area contributed by atoms with Crippen molar-refractivity contribution in [3.8, 4) is 0 Å². The lowest BCUT2D eigenvalue weighted by Gasteiger charge is -2.33. The summed E-state index contributed by atoms with van der Waals surface area (Å²) in [4.78, 5) is 12.5. The molecular formula is C22H31BrN8.